The highest BCUT2D eigenvalue weighted by molar-refractivity contribution is 7.86. The fourth-order valence-electron chi connectivity index (χ4n) is 2.19. The van der Waals surface area contributed by atoms with Gasteiger partial charge in [-0.15, -0.1) is 0 Å². The molecule has 1 aliphatic rings. The summed E-state index contributed by atoms with van der Waals surface area (Å²) in [6.45, 7) is 6.77. The zero-order valence-corrected chi connectivity index (χ0v) is 12.1. The van der Waals surface area contributed by atoms with E-state index in [1.165, 1.54) is 8.61 Å². The minimum atomic E-state index is -3.55. The smallest absolute Gasteiger partial charge is 0.324 e. The largest absolute Gasteiger partial charge is 0.465 e. The highest BCUT2D eigenvalue weighted by Crippen LogP contribution is 2.24. The average molecular weight is 278 g/mol. The first kappa shape index (κ1) is 15.4. The van der Waals surface area contributed by atoms with Gasteiger partial charge in [0, 0.05) is 19.6 Å². The molecule has 7 heteroatoms. The lowest BCUT2D eigenvalue weighted by atomic mass is 10.2. The number of hydrogen-bond donors (Lipinski definition) is 0. The number of hydrogen-bond acceptors (Lipinski definition) is 4. The average Bonchev–Trinajstić information content (AvgIpc) is 2.80. The summed E-state index contributed by atoms with van der Waals surface area (Å²) in [5.74, 6) is -0.439. The van der Waals surface area contributed by atoms with Crippen molar-refractivity contribution in [2.24, 2.45) is 0 Å². The van der Waals surface area contributed by atoms with E-state index in [9.17, 15) is 13.2 Å². The van der Waals surface area contributed by atoms with Crippen LogP contribution in [0.15, 0.2) is 0 Å². The monoisotopic (exact) mass is 278 g/mol. The lowest BCUT2D eigenvalue weighted by Gasteiger charge is -2.28. The van der Waals surface area contributed by atoms with Crippen molar-refractivity contribution in [2.75, 3.05) is 26.2 Å². The fraction of sp³-hybridized carbons (Fsp3) is 0.909. The second-order valence-electron chi connectivity index (χ2n) is 4.11. The molecule has 18 heavy (non-hydrogen) atoms. The zero-order valence-electron chi connectivity index (χ0n) is 11.3. The van der Waals surface area contributed by atoms with Crippen LogP contribution in [0.25, 0.3) is 0 Å². The summed E-state index contributed by atoms with van der Waals surface area (Å²) in [4.78, 5) is 11.8. The molecule has 1 aliphatic heterocycles. The topological polar surface area (TPSA) is 66.9 Å². The molecule has 0 amide bonds. The molecule has 106 valence electrons. The van der Waals surface area contributed by atoms with E-state index in [1.807, 2.05) is 0 Å². The Morgan fingerprint density at radius 2 is 1.94 bits per heavy atom. The fourth-order valence-corrected chi connectivity index (χ4v) is 4.01. The van der Waals surface area contributed by atoms with Crippen LogP contribution in [0, 0.1) is 0 Å². The lowest BCUT2D eigenvalue weighted by Crippen LogP contribution is -2.48. The molecule has 1 fully saturated rings. The lowest BCUT2D eigenvalue weighted by molar-refractivity contribution is -0.146. The van der Waals surface area contributed by atoms with Crippen LogP contribution in [0.1, 0.15) is 33.6 Å². The molecule has 0 spiro atoms. The van der Waals surface area contributed by atoms with Gasteiger partial charge in [-0.05, 0) is 19.8 Å². The van der Waals surface area contributed by atoms with Gasteiger partial charge in [0.25, 0.3) is 10.2 Å². The van der Waals surface area contributed by atoms with Crippen molar-refractivity contribution in [3.8, 4) is 0 Å². The first-order valence-electron chi connectivity index (χ1n) is 6.42. The standard InChI is InChI=1S/C11H22N2O4S/c1-4-12(5-2)18(15,16)13-9-7-8-10(13)11(14)17-6-3/h10H,4-9H2,1-3H3. The van der Waals surface area contributed by atoms with Gasteiger partial charge in [0.2, 0.25) is 0 Å². The molecular weight excluding hydrogens is 256 g/mol. The minimum absolute atomic E-state index is 0.272. The second kappa shape index (κ2) is 6.49. The second-order valence-corrected chi connectivity index (χ2v) is 5.99. The van der Waals surface area contributed by atoms with Crippen molar-refractivity contribution in [3.05, 3.63) is 0 Å². The number of rotatable bonds is 6. The van der Waals surface area contributed by atoms with Crippen molar-refractivity contribution >= 4 is 16.2 Å². The minimum Gasteiger partial charge on any atom is -0.465 e. The third-order valence-corrected chi connectivity index (χ3v) is 5.29. The molecule has 6 nitrogen and oxygen atoms in total. The molecule has 1 atom stereocenters. The van der Waals surface area contributed by atoms with Crippen molar-refractivity contribution in [2.45, 2.75) is 39.7 Å². The molecule has 0 aromatic carbocycles. The van der Waals surface area contributed by atoms with E-state index >= 15 is 0 Å². The van der Waals surface area contributed by atoms with Crippen molar-refractivity contribution < 1.29 is 17.9 Å². The van der Waals surface area contributed by atoms with Crippen LogP contribution in [0.4, 0.5) is 0 Å². The van der Waals surface area contributed by atoms with Gasteiger partial charge in [-0.25, -0.2) is 0 Å². The zero-order chi connectivity index (χ0) is 13.8. The summed E-state index contributed by atoms with van der Waals surface area (Å²) in [7, 11) is -3.55. The van der Waals surface area contributed by atoms with E-state index in [1.54, 1.807) is 20.8 Å². The third kappa shape index (κ3) is 3.02. The first-order chi connectivity index (χ1) is 8.48. The summed E-state index contributed by atoms with van der Waals surface area (Å²) < 4.78 is 32.3. The molecule has 0 N–H and O–H groups in total. The van der Waals surface area contributed by atoms with Gasteiger partial charge >= 0.3 is 5.97 Å². The van der Waals surface area contributed by atoms with E-state index in [0.717, 1.165) is 0 Å². The number of carbonyl (C=O) groups is 1. The summed E-state index contributed by atoms with van der Waals surface area (Å²) in [6, 6.07) is -0.657. The van der Waals surface area contributed by atoms with E-state index in [0.29, 0.717) is 32.5 Å². The molecule has 1 saturated heterocycles. The molecule has 1 rings (SSSR count). The maximum atomic E-state index is 12.4. The molecule has 0 radical (unpaired) electrons. The molecular formula is C11H22N2O4S. The molecule has 1 heterocycles. The Hall–Kier alpha value is -0.660. The van der Waals surface area contributed by atoms with Crippen molar-refractivity contribution in [3.63, 3.8) is 0 Å². The van der Waals surface area contributed by atoms with Crippen LogP contribution < -0.4 is 0 Å². The van der Waals surface area contributed by atoms with Crippen LogP contribution in [0.3, 0.4) is 0 Å². The number of nitrogens with zero attached hydrogens (tertiary/aromatic N) is 2. The van der Waals surface area contributed by atoms with Gasteiger partial charge in [-0.1, -0.05) is 13.8 Å². The van der Waals surface area contributed by atoms with Crippen molar-refractivity contribution in [1.29, 1.82) is 0 Å². The van der Waals surface area contributed by atoms with Crippen LogP contribution in [0.2, 0.25) is 0 Å². The maximum Gasteiger partial charge on any atom is 0.324 e. The van der Waals surface area contributed by atoms with Gasteiger partial charge in [0.05, 0.1) is 6.61 Å². The van der Waals surface area contributed by atoms with Crippen LogP contribution >= 0.6 is 0 Å². The molecule has 0 bridgehead atoms. The van der Waals surface area contributed by atoms with Gasteiger partial charge in [-0.2, -0.15) is 17.0 Å². The van der Waals surface area contributed by atoms with Crippen LogP contribution in [-0.4, -0.2) is 55.3 Å². The van der Waals surface area contributed by atoms with E-state index < -0.39 is 22.2 Å². The van der Waals surface area contributed by atoms with E-state index in [2.05, 4.69) is 0 Å². The number of carbonyl (C=O) groups excluding carboxylic acids is 1. The molecule has 0 aromatic heterocycles. The van der Waals surface area contributed by atoms with Gasteiger partial charge in [0.1, 0.15) is 6.04 Å². The van der Waals surface area contributed by atoms with Gasteiger partial charge in [0.15, 0.2) is 0 Å². The Morgan fingerprint density at radius 3 is 2.44 bits per heavy atom. The molecule has 1 unspecified atom stereocenters. The predicted molar refractivity (Wildman–Crippen MR) is 68.2 cm³/mol. The Balaban J connectivity index is 2.90. The van der Waals surface area contributed by atoms with Crippen LogP contribution in [0.5, 0.6) is 0 Å². The quantitative estimate of drug-likeness (QED) is 0.667. The SMILES string of the molecule is CCOC(=O)C1CCCN1S(=O)(=O)N(CC)CC. The van der Waals surface area contributed by atoms with Crippen molar-refractivity contribution in [1.82, 2.24) is 8.61 Å². The van der Waals surface area contributed by atoms with Crippen LogP contribution in [-0.2, 0) is 19.7 Å². The first-order valence-corrected chi connectivity index (χ1v) is 7.82. The normalized spacial score (nSPS) is 21.4. The van der Waals surface area contributed by atoms with Gasteiger partial charge in [-0.3, -0.25) is 4.79 Å². The predicted octanol–water partition coefficient (Wildman–Crippen LogP) is 0.601. The molecule has 0 aromatic rings. The highest BCUT2D eigenvalue weighted by Gasteiger charge is 2.41. The van der Waals surface area contributed by atoms with Gasteiger partial charge < -0.3 is 4.74 Å². The summed E-state index contributed by atoms with van der Waals surface area (Å²) in [5.41, 5.74) is 0. The number of esters is 1. The Labute approximate surface area is 109 Å². The highest BCUT2D eigenvalue weighted by atomic mass is 32.2. The molecule has 0 saturated carbocycles. The summed E-state index contributed by atoms with van der Waals surface area (Å²) >= 11 is 0. The maximum absolute atomic E-state index is 12.4. The Kier molecular flexibility index (Phi) is 5.55. The van der Waals surface area contributed by atoms with E-state index in [4.69, 9.17) is 4.74 Å². The Bertz CT molecular complexity index is 379. The Morgan fingerprint density at radius 1 is 1.33 bits per heavy atom. The summed E-state index contributed by atoms with van der Waals surface area (Å²) in [6.07, 6.45) is 1.24. The molecule has 0 aliphatic carbocycles. The third-order valence-electron chi connectivity index (χ3n) is 3.09. The van der Waals surface area contributed by atoms with E-state index in [-0.39, 0.29) is 6.61 Å². The number of ether oxygens (including phenoxy) is 1. The summed E-state index contributed by atoms with van der Waals surface area (Å²) in [5, 5.41) is 0.